The van der Waals surface area contributed by atoms with Gasteiger partial charge in [-0.3, -0.25) is 0 Å². The molecule has 1 aromatic rings. The van der Waals surface area contributed by atoms with Crippen molar-refractivity contribution in [2.45, 2.75) is 39.0 Å². The lowest BCUT2D eigenvalue weighted by molar-refractivity contribution is 0.307. The molecule has 86 valence electrons. The molecule has 0 heterocycles. The second kappa shape index (κ2) is 6.95. The van der Waals surface area contributed by atoms with Gasteiger partial charge >= 0.3 is 0 Å². The molecule has 1 heteroatoms. The summed E-state index contributed by atoms with van der Waals surface area (Å²) in [6.45, 7) is 5.13. The van der Waals surface area contributed by atoms with Crippen LogP contribution >= 0.6 is 0 Å². The van der Waals surface area contributed by atoms with Crippen LogP contribution < -0.4 is 4.74 Å². The minimum atomic E-state index is 0.574. The van der Waals surface area contributed by atoms with Gasteiger partial charge in [-0.1, -0.05) is 26.0 Å². The fourth-order valence-corrected chi connectivity index (χ4v) is 1.47. The minimum absolute atomic E-state index is 0.574. The van der Waals surface area contributed by atoms with Crippen LogP contribution in [0.4, 0.5) is 0 Å². The molecule has 0 spiro atoms. The normalized spacial score (nSPS) is 10.1. The average molecular weight is 216 g/mol. The number of ether oxygens (including phenoxy) is 1. The fraction of sp³-hybridized carbons (Fsp3) is 0.467. The minimum Gasteiger partial charge on any atom is -0.494 e. The van der Waals surface area contributed by atoms with Crippen molar-refractivity contribution in [2.24, 2.45) is 0 Å². The highest BCUT2D eigenvalue weighted by Gasteiger charge is 1.99. The second-order valence-electron chi connectivity index (χ2n) is 4.23. The summed E-state index contributed by atoms with van der Waals surface area (Å²) in [7, 11) is 0. The van der Waals surface area contributed by atoms with Gasteiger partial charge in [0.15, 0.2) is 0 Å². The van der Waals surface area contributed by atoms with Crippen LogP contribution in [0.3, 0.4) is 0 Å². The third-order valence-corrected chi connectivity index (χ3v) is 2.53. The summed E-state index contributed by atoms with van der Waals surface area (Å²) in [5, 5.41) is 0. The molecule has 0 bridgehead atoms. The third-order valence-electron chi connectivity index (χ3n) is 2.53. The predicted octanol–water partition coefficient (Wildman–Crippen LogP) is 3.99. The number of hydrogen-bond acceptors (Lipinski definition) is 1. The maximum absolute atomic E-state index is 5.62. The van der Waals surface area contributed by atoms with E-state index in [1.54, 1.807) is 0 Å². The summed E-state index contributed by atoms with van der Waals surface area (Å²) in [5.41, 5.74) is 1.35. The summed E-state index contributed by atoms with van der Waals surface area (Å²) >= 11 is 0. The van der Waals surface area contributed by atoms with Crippen molar-refractivity contribution in [3.05, 3.63) is 29.8 Å². The van der Waals surface area contributed by atoms with Gasteiger partial charge < -0.3 is 4.74 Å². The van der Waals surface area contributed by atoms with E-state index in [1.165, 1.54) is 5.56 Å². The van der Waals surface area contributed by atoms with Crippen LogP contribution in [0.25, 0.3) is 0 Å². The first-order valence-electron chi connectivity index (χ1n) is 5.90. The molecule has 0 fully saturated rings. The van der Waals surface area contributed by atoms with Gasteiger partial charge in [0.25, 0.3) is 0 Å². The van der Waals surface area contributed by atoms with Crippen LogP contribution in [0.2, 0.25) is 0 Å². The van der Waals surface area contributed by atoms with E-state index in [1.807, 2.05) is 12.1 Å². The average Bonchev–Trinajstić information content (AvgIpc) is 2.29. The number of rotatable bonds is 6. The van der Waals surface area contributed by atoms with Crippen molar-refractivity contribution >= 4 is 0 Å². The fourth-order valence-electron chi connectivity index (χ4n) is 1.47. The molecule has 0 radical (unpaired) electrons. The van der Waals surface area contributed by atoms with E-state index in [4.69, 9.17) is 11.2 Å². The number of benzene rings is 1. The number of hydrogen-bond donors (Lipinski definition) is 0. The molecule has 16 heavy (non-hydrogen) atoms. The van der Waals surface area contributed by atoms with E-state index in [0.29, 0.717) is 5.92 Å². The van der Waals surface area contributed by atoms with E-state index in [2.05, 4.69) is 31.9 Å². The highest BCUT2D eigenvalue weighted by atomic mass is 16.5. The van der Waals surface area contributed by atoms with Crippen molar-refractivity contribution < 1.29 is 4.74 Å². The molecule has 0 aliphatic heterocycles. The highest BCUT2D eigenvalue weighted by molar-refractivity contribution is 5.28. The van der Waals surface area contributed by atoms with Crippen molar-refractivity contribution in [1.29, 1.82) is 0 Å². The Bertz CT molecular complexity index is 329. The SMILES string of the molecule is C#CCCCCOc1ccc(C(C)C)cc1. The van der Waals surface area contributed by atoms with Crippen LogP contribution in [0, 0.1) is 12.3 Å². The molecule has 1 aromatic carbocycles. The van der Waals surface area contributed by atoms with Gasteiger partial charge in [-0.05, 0) is 36.5 Å². The van der Waals surface area contributed by atoms with E-state index < -0.39 is 0 Å². The van der Waals surface area contributed by atoms with Gasteiger partial charge in [-0.25, -0.2) is 0 Å². The summed E-state index contributed by atoms with van der Waals surface area (Å²) in [6, 6.07) is 8.33. The maximum Gasteiger partial charge on any atom is 0.119 e. The molecule has 0 unspecified atom stereocenters. The molecule has 0 saturated heterocycles. The van der Waals surface area contributed by atoms with E-state index in [0.717, 1.165) is 31.6 Å². The van der Waals surface area contributed by atoms with Crippen molar-refractivity contribution in [3.8, 4) is 18.1 Å². The van der Waals surface area contributed by atoms with Crippen molar-refractivity contribution in [2.75, 3.05) is 6.61 Å². The summed E-state index contributed by atoms with van der Waals surface area (Å²) in [4.78, 5) is 0. The Balaban J connectivity index is 2.30. The standard InChI is InChI=1S/C15H20O/c1-4-5-6-7-12-16-15-10-8-14(9-11-15)13(2)3/h1,8-11,13H,5-7,12H2,2-3H3. The van der Waals surface area contributed by atoms with Gasteiger partial charge in [0, 0.05) is 6.42 Å². The lowest BCUT2D eigenvalue weighted by Gasteiger charge is -2.08. The topological polar surface area (TPSA) is 9.23 Å². The summed E-state index contributed by atoms with van der Waals surface area (Å²) in [5.74, 6) is 4.15. The molecule has 1 nitrogen and oxygen atoms in total. The Hall–Kier alpha value is -1.42. The first-order chi connectivity index (χ1) is 7.74. The first-order valence-corrected chi connectivity index (χ1v) is 5.90. The second-order valence-corrected chi connectivity index (χ2v) is 4.23. The van der Waals surface area contributed by atoms with Gasteiger partial charge in [0.2, 0.25) is 0 Å². The lowest BCUT2D eigenvalue weighted by Crippen LogP contribution is -1.97. The Morgan fingerprint density at radius 1 is 1.19 bits per heavy atom. The number of unbranched alkanes of at least 4 members (excludes halogenated alkanes) is 2. The molecule has 0 N–H and O–H groups in total. The van der Waals surface area contributed by atoms with E-state index in [9.17, 15) is 0 Å². The zero-order valence-electron chi connectivity index (χ0n) is 10.2. The lowest BCUT2D eigenvalue weighted by atomic mass is 10.0. The third kappa shape index (κ3) is 4.40. The Morgan fingerprint density at radius 2 is 1.88 bits per heavy atom. The molecular formula is C15H20O. The first kappa shape index (κ1) is 12.6. The zero-order chi connectivity index (χ0) is 11.8. The van der Waals surface area contributed by atoms with Gasteiger partial charge in [0.1, 0.15) is 5.75 Å². The molecule has 0 amide bonds. The predicted molar refractivity (Wildman–Crippen MR) is 68.7 cm³/mol. The summed E-state index contributed by atoms with van der Waals surface area (Å²) < 4.78 is 5.62. The van der Waals surface area contributed by atoms with Crippen LogP contribution in [0.15, 0.2) is 24.3 Å². The Labute approximate surface area is 98.8 Å². The summed E-state index contributed by atoms with van der Waals surface area (Å²) in [6.07, 6.45) is 8.09. The van der Waals surface area contributed by atoms with E-state index in [-0.39, 0.29) is 0 Å². The molecule has 0 aliphatic rings. The maximum atomic E-state index is 5.62. The molecule has 0 aliphatic carbocycles. The number of terminal acetylenes is 1. The van der Waals surface area contributed by atoms with E-state index >= 15 is 0 Å². The Kier molecular flexibility index (Phi) is 5.50. The largest absolute Gasteiger partial charge is 0.494 e. The monoisotopic (exact) mass is 216 g/mol. The van der Waals surface area contributed by atoms with Gasteiger partial charge in [-0.2, -0.15) is 0 Å². The quantitative estimate of drug-likeness (QED) is 0.516. The van der Waals surface area contributed by atoms with Crippen molar-refractivity contribution in [3.63, 3.8) is 0 Å². The van der Waals surface area contributed by atoms with Crippen LogP contribution in [0.1, 0.15) is 44.6 Å². The van der Waals surface area contributed by atoms with Crippen LogP contribution in [0.5, 0.6) is 5.75 Å². The van der Waals surface area contributed by atoms with Gasteiger partial charge in [0.05, 0.1) is 6.61 Å². The van der Waals surface area contributed by atoms with Crippen molar-refractivity contribution in [1.82, 2.24) is 0 Å². The van der Waals surface area contributed by atoms with Crippen LogP contribution in [-0.4, -0.2) is 6.61 Å². The molecule has 0 atom stereocenters. The molecular weight excluding hydrogens is 196 g/mol. The highest BCUT2D eigenvalue weighted by Crippen LogP contribution is 2.18. The smallest absolute Gasteiger partial charge is 0.119 e. The Morgan fingerprint density at radius 3 is 2.44 bits per heavy atom. The zero-order valence-corrected chi connectivity index (χ0v) is 10.2. The molecule has 0 saturated carbocycles. The molecule has 1 rings (SSSR count). The van der Waals surface area contributed by atoms with Crippen LogP contribution in [-0.2, 0) is 0 Å². The van der Waals surface area contributed by atoms with Gasteiger partial charge in [-0.15, -0.1) is 12.3 Å². The molecule has 0 aromatic heterocycles.